The number of H-pyrrole nitrogens is 1. The molecule has 0 spiro atoms. The largest absolute Gasteiger partial charge is 0.478 e. The lowest BCUT2D eigenvalue weighted by molar-refractivity contribution is -0.137. The van der Waals surface area contributed by atoms with E-state index in [1.54, 1.807) is 0 Å². The molecule has 34 heavy (non-hydrogen) atoms. The molecule has 5 rings (SSSR count). The van der Waals surface area contributed by atoms with Crippen LogP contribution in [0.5, 0.6) is 0 Å². The zero-order valence-corrected chi connectivity index (χ0v) is 19.0. The molecule has 0 aliphatic carbocycles. The predicted octanol–water partition coefficient (Wildman–Crippen LogP) is 3.98. The number of carboxylic acid groups (broad SMARTS) is 1. The molecule has 1 aliphatic heterocycles. The summed E-state index contributed by atoms with van der Waals surface area (Å²) in [5.41, 5.74) is 7.02. The van der Waals surface area contributed by atoms with Crippen molar-refractivity contribution in [2.24, 2.45) is 4.99 Å². The van der Waals surface area contributed by atoms with E-state index in [1.807, 2.05) is 31.2 Å². The molecule has 4 aromatic rings. The average molecular weight is 456 g/mol. The van der Waals surface area contributed by atoms with E-state index in [-0.39, 0.29) is 0 Å². The van der Waals surface area contributed by atoms with Crippen molar-refractivity contribution in [3.05, 3.63) is 71.4 Å². The smallest absolute Gasteiger partial charge is 0.349 e. The van der Waals surface area contributed by atoms with Crippen molar-refractivity contribution in [1.29, 1.82) is 0 Å². The van der Waals surface area contributed by atoms with Crippen LogP contribution in [0.1, 0.15) is 37.1 Å². The molecule has 0 amide bonds. The Morgan fingerprint density at radius 2 is 1.85 bits per heavy atom. The van der Waals surface area contributed by atoms with Crippen LogP contribution in [0.4, 0.5) is 5.82 Å². The minimum absolute atomic E-state index is 0.624. The first kappa shape index (κ1) is 21.6. The molecule has 9 nitrogen and oxygen atoms in total. The van der Waals surface area contributed by atoms with Gasteiger partial charge in [0, 0.05) is 29.1 Å². The number of anilines is 1. The number of carboxylic acids is 1. The third kappa shape index (κ3) is 3.96. The van der Waals surface area contributed by atoms with Crippen LogP contribution in [0.3, 0.4) is 0 Å². The maximum atomic E-state index is 11.6. The summed E-state index contributed by atoms with van der Waals surface area (Å²) in [4.78, 5) is 15.9. The number of hydrogen-bond acceptors (Lipinski definition) is 6. The number of aliphatic imine (C=N–C) groups is 1. The Hall–Kier alpha value is -4.27. The van der Waals surface area contributed by atoms with Gasteiger partial charge in [0.25, 0.3) is 0 Å². The second kappa shape index (κ2) is 8.93. The summed E-state index contributed by atoms with van der Waals surface area (Å²) in [5, 5.41) is 26.9. The van der Waals surface area contributed by atoms with Crippen LogP contribution < -0.4 is 5.32 Å². The van der Waals surface area contributed by atoms with Crippen molar-refractivity contribution in [2.45, 2.75) is 39.4 Å². The first-order chi connectivity index (χ1) is 16.5. The van der Waals surface area contributed by atoms with Crippen LogP contribution in [0.2, 0.25) is 0 Å². The van der Waals surface area contributed by atoms with Gasteiger partial charge in [0.05, 0.1) is 0 Å². The highest BCUT2D eigenvalue weighted by atomic mass is 16.4. The van der Waals surface area contributed by atoms with Crippen molar-refractivity contribution >= 4 is 17.5 Å². The van der Waals surface area contributed by atoms with E-state index in [4.69, 9.17) is 0 Å². The molecule has 9 heteroatoms. The summed E-state index contributed by atoms with van der Waals surface area (Å²) in [7, 11) is 0. The summed E-state index contributed by atoms with van der Waals surface area (Å²) in [5.74, 6) is 0.453. The van der Waals surface area contributed by atoms with Crippen molar-refractivity contribution < 1.29 is 9.90 Å². The fourth-order valence-electron chi connectivity index (χ4n) is 4.41. The Balaban J connectivity index is 1.47. The highest BCUT2D eigenvalue weighted by Crippen LogP contribution is 2.32. The molecule has 3 heterocycles. The number of benzene rings is 2. The third-order valence-electron chi connectivity index (χ3n) is 6.04. The maximum Gasteiger partial charge on any atom is 0.349 e. The minimum atomic E-state index is -0.986. The molecule has 3 N–H and O–H groups in total. The first-order valence-electron chi connectivity index (χ1n) is 11.2. The molecule has 1 atom stereocenters. The van der Waals surface area contributed by atoms with E-state index < -0.39 is 12.1 Å². The molecule has 1 aliphatic rings. The molecule has 2 aromatic carbocycles. The van der Waals surface area contributed by atoms with Gasteiger partial charge in [-0.05, 0) is 46.5 Å². The molecule has 0 saturated heterocycles. The van der Waals surface area contributed by atoms with Crippen molar-refractivity contribution in [3.63, 3.8) is 0 Å². The molecular formula is C25H25N7O2. The Labute approximate surface area is 196 Å². The van der Waals surface area contributed by atoms with Gasteiger partial charge >= 0.3 is 5.97 Å². The zero-order chi connectivity index (χ0) is 23.7. The standard InChI is InChI=1S/C25H25N7O2/c1-3-6-18-13-21-15(2)26-23(25(33)34)27-24(21)32(18)14-16-9-11-17(12-10-16)19-7-4-5-8-20(19)22-28-30-31-29-22/h4-5,7-13,23,27H,3,6,14H2,1-2H3,(H,33,34)(H,28,29,30,31). The minimum Gasteiger partial charge on any atom is -0.478 e. The van der Waals surface area contributed by atoms with Crippen LogP contribution in [0.15, 0.2) is 59.6 Å². The van der Waals surface area contributed by atoms with E-state index in [2.05, 4.69) is 72.8 Å². The lowest BCUT2D eigenvalue weighted by atomic mass is 9.98. The molecule has 0 radical (unpaired) electrons. The Kier molecular flexibility index (Phi) is 5.67. The van der Waals surface area contributed by atoms with E-state index in [0.717, 1.165) is 57.9 Å². The lowest BCUT2D eigenvalue weighted by Gasteiger charge is -2.22. The summed E-state index contributed by atoms with van der Waals surface area (Å²) in [6.07, 6.45) is 0.921. The predicted molar refractivity (Wildman–Crippen MR) is 130 cm³/mol. The normalized spacial score (nSPS) is 14.9. The number of nitrogens with one attached hydrogen (secondary N) is 2. The summed E-state index contributed by atoms with van der Waals surface area (Å²) in [6.45, 7) is 4.64. The second-order valence-electron chi connectivity index (χ2n) is 8.33. The molecule has 2 aromatic heterocycles. The monoisotopic (exact) mass is 455 g/mol. The summed E-state index contributed by atoms with van der Waals surface area (Å²) in [6, 6.07) is 18.5. The van der Waals surface area contributed by atoms with Crippen LogP contribution in [0.25, 0.3) is 22.5 Å². The first-order valence-corrected chi connectivity index (χ1v) is 11.2. The third-order valence-corrected chi connectivity index (χ3v) is 6.04. The number of tetrazole rings is 1. The van der Waals surface area contributed by atoms with Crippen LogP contribution >= 0.6 is 0 Å². The number of nitrogens with zero attached hydrogens (tertiary/aromatic N) is 5. The second-order valence-corrected chi connectivity index (χ2v) is 8.33. The van der Waals surface area contributed by atoms with Gasteiger partial charge in [-0.1, -0.05) is 61.9 Å². The Morgan fingerprint density at radius 3 is 2.53 bits per heavy atom. The van der Waals surface area contributed by atoms with Crippen LogP contribution in [-0.4, -0.2) is 48.1 Å². The number of aromatic nitrogens is 5. The van der Waals surface area contributed by atoms with Gasteiger partial charge < -0.3 is 15.0 Å². The number of aliphatic carboxylic acids is 1. The Bertz CT molecular complexity index is 1350. The van der Waals surface area contributed by atoms with Gasteiger partial charge in [-0.15, -0.1) is 5.10 Å². The number of rotatable bonds is 7. The van der Waals surface area contributed by atoms with Crippen molar-refractivity contribution in [2.75, 3.05) is 5.32 Å². The highest BCUT2D eigenvalue weighted by molar-refractivity contribution is 6.06. The van der Waals surface area contributed by atoms with Gasteiger partial charge in [-0.25, -0.2) is 9.89 Å². The fourth-order valence-corrected chi connectivity index (χ4v) is 4.41. The number of fused-ring (bicyclic) bond motifs is 1. The van der Waals surface area contributed by atoms with E-state index in [0.29, 0.717) is 12.4 Å². The van der Waals surface area contributed by atoms with E-state index in [9.17, 15) is 9.90 Å². The quantitative estimate of drug-likeness (QED) is 0.388. The number of hydrogen-bond donors (Lipinski definition) is 3. The van der Waals surface area contributed by atoms with Crippen LogP contribution in [-0.2, 0) is 17.8 Å². The van der Waals surface area contributed by atoms with Crippen molar-refractivity contribution in [1.82, 2.24) is 25.2 Å². The highest BCUT2D eigenvalue weighted by Gasteiger charge is 2.27. The Morgan fingerprint density at radius 1 is 1.09 bits per heavy atom. The van der Waals surface area contributed by atoms with Gasteiger partial charge in [-0.2, -0.15) is 0 Å². The number of carbonyl (C=O) groups is 1. The summed E-state index contributed by atoms with van der Waals surface area (Å²) < 4.78 is 2.18. The van der Waals surface area contributed by atoms with Crippen LogP contribution in [0, 0.1) is 0 Å². The lowest BCUT2D eigenvalue weighted by Crippen LogP contribution is -2.33. The SMILES string of the molecule is CCCc1cc2c(n1Cc1ccc(-c3ccccc3-c3nnn[nH]3)cc1)NC(C(=O)O)N=C2C. The topological polar surface area (TPSA) is 121 Å². The van der Waals surface area contributed by atoms with E-state index >= 15 is 0 Å². The molecule has 0 bridgehead atoms. The fraction of sp³-hybridized carbons (Fsp3) is 0.240. The zero-order valence-electron chi connectivity index (χ0n) is 19.0. The molecule has 0 fully saturated rings. The maximum absolute atomic E-state index is 11.6. The average Bonchev–Trinajstić information content (AvgIpc) is 3.49. The molecule has 1 unspecified atom stereocenters. The summed E-state index contributed by atoms with van der Waals surface area (Å²) >= 11 is 0. The van der Waals surface area contributed by atoms with Gasteiger partial charge in [0.2, 0.25) is 6.17 Å². The number of aryl methyl sites for hydroxylation is 1. The van der Waals surface area contributed by atoms with Gasteiger partial charge in [-0.3, -0.25) is 4.99 Å². The van der Waals surface area contributed by atoms with Crippen molar-refractivity contribution in [3.8, 4) is 22.5 Å². The van der Waals surface area contributed by atoms with E-state index in [1.165, 1.54) is 0 Å². The molecular weight excluding hydrogens is 430 g/mol. The van der Waals surface area contributed by atoms with Gasteiger partial charge in [0.15, 0.2) is 5.82 Å². The number of aromatic amines is 1. The molecule has 0 saturated carbocycles. The van der Waals surface area contributed by atoms with Gasteiger partial charge in [0.1, 0.15) is 5.82 Å². The molecule has 172 valence electrons.